The van der Waals surface area contributed by atoms with Gasteiger partial charge in [0.05, 0.1) is 7.11 Å². The van der Waals surface area contributed by atoms with Crippen molar-refractivity contribution in [2.24, 2.45) is 0 Å². The zero-order valence-corrected chi connectivity index (χ0v) is 10.4. The second-order valence-electron chi connectivity index (χ2n) is 3.90. The van der Waals surface area contributed by atoms with Crippen LogP contribution in [0.25, 0.3) is 5.53 Å². The maximum atomic E-state index is 9.45. The quantitative estimate of drug-likeness (QED) is 0.654. The van der Waals surface area contributed by atoms with E-state index < -0.39 is 0 Å². The largest absolute Gasteiger partial charge is 0.500 e. The predicted octanol–water partition coefficient (Wildman–Crippen LogP) is 3.73. The Morgan fingerprint density at radius 1 is 1.06 bits per heavy atom. The molecule has 0 unspecified atom stereocenters. The van der Waals surface area contributed by atoms with Crippen molar-refractivity contribution in [3.05, 3.63) is 54.1 Å². The Balaban J connectivity index is 2.28. The first-order valence-electron chi connectivity index (χ1n) is 5.63. The summed E-state index contributed by atoms with van der Waals surface area (Å²) in [7, 11) is 3.14. The topological polar surface area (TPSA) is 46.6 Å². The van der Waals surface area contributed by atoms with Gasteiger partial charge in [0.1, 0.15) is 7.05 Å². The Kier molecular flexibility index (Phi) is 3.57. The standard InChI is InChI=1S/C14H15N3O/c1-17(15)13-9-8-12(10-14(13)18-2)16-11-6-4-3-5-7-11/h3-10,16H,1-2H3. The first kappa shape index (κ1) is 12.1. The van der Waals surface area contributed by atoms with Crippen molar-refractivity contribution in [2.75, 3.05) is 19.5 Å². The molecule has 0 aromatic heterocycles. The molecule has 0 fully saturated rings. The molecule has 1 N–H and O–H groups in total. The van der Waals surface area contributed by atoms with Gasteiger partial charge >= 0.3 is 0 Å². The van der Waals surface area contributed by atoms with Gasteiger partial charge in [-0.15, -0.1) is 0 Å². The van der Waals surface area contributed by atoms with Gasteiger partial charge in [-0.3, -0.25) is 4.70 Å². The lowest BCUT2D eigenvalue weighted by molar-refractivity contribution is -0.429. The number of benzene rings is 2. The summed E-state index contributed by atoms with van der Waals surface area (Å²) >= 11 is 0. The normalized spacial score (nSPS) is 9.89. The summed E-state index contributed by atoms with van der Waals surface area (Å²) in [6, 6.07) is 15.4. The van der Waals surface area contributed by atoms with Gasteiger partial charge in [-0.05, 0) is 18.2 Å². The van der Waals surface area contributed by atoms with E-state index in [1.54, 1.807) is 20.2 Å². The van der Waals surface area contributed by atoms with Gasteiger partial charge in [0.2, 0.25) is 5.69 Å². The van der Waals surface area contributed by atoms with E-state index in [0.717, 1.165) is 16.1 Å². The van der Waals surface area contributed by atoms with E-state index in [1.165, 1.54) is 0 Å². The highest BCUT2D eigenvalue weighted by Gasteiger charge is 2.09. The predicted molar refractivity (Wildman–Crippen MR) is 71.9 cm³/mol. The van der Waals surface area contributed by atoms with Gasteiger partial charge in [-0.2, -0.15) is 0 Å². The molecule has 0 radical (unpaired) electrons. The van der Waals surface area contributed by atoms with Crippen molar-refractivity contribution in [3.8, 4) is 5.75 Å². The van der Waals surface area contributed by atoms with Crippen LogP contribution in [0.3, 0.4) is 0 Å². The van der Waals surface area contributed by atoms with E-state index in [1.807, 2.05) is 42.5 Å². The molecule has 0 bridgehead atoms. The summed E-state index contributed by atoms with van der Waals surface area (Å²) in [5.74, 6) is 0.612. The van der Waals surface area contributed by atoms with E-state index >= 15 is 0 Å². The summed E-state index contributed by atoms with van der Waals surface area (Å²) in [5.41, 5.74) is 12.0. The third-order valence-electron chi connectivity index (χ3n) is 2.59. The van der Waals surface area contributed by atoms with Crippen LogP contribution in [0.5, 0.6) is 5.75 Å². The first-order valence-corrected chi connectivity index (χ1v) is 5.63. The number of para-hydroxylation sites is 1. The average molecular weight is 241 g/mol. The monoisotopic (exact) mass is 241 g/mol. The van der Waals surface area contributed by atoms with E-state index in [0.29, 0.717) is 11.4 Å². The van der Waals surface area contributed by atoms with Crippen molar-refractivity contribution in [1.29, 1.82) is 0 Å². The Morgan fingerprint density at radius 2 is 1.78 bits per heavy atom. The molecule has 2 rings (SSSR count). The summed E-state index contributed by atoms with van der Waals surface area (Å²) < 4.78 is 6.28. The molecule has 0 amide bonds. The number of ether oxygens (including phenoxy) is 1. The van der Waals surface area contributed by atoms with Crippen molar-refractivity contribution in [2.45, 2.75) is 0 Å². The molecule has 0 saturated heterocycles. The molecular weight excluding hydrogens is 226 g/mol. The fourth-order valence-electron chi connectivity index (χ4n) is 1.71. The minimum Gasteiger partial charge on any atom is -0.500 e. The molecule has 0 aliphatic rings. The molecule has 2 aromatic carbocycles. The highest BCUT2D eigenvalue weighted by molar-refractivity contribution is 5.64. The third kappa shape index (κ3) is 2.66. The molecule has 0 aliphatic carbocycles. The smallest absolute Gasteiger partial charge is 0.236 e. The van der Waals surface area contributed by atoms with Crippen molar-refractivity contribution >= 4 is 17.1 Å². The molecule has 2 aromatic rings. The molecule has 4 heteroatoms. The van der Waals surface area contributed by atoms with Gasteiger partial charge in [-0.25, -0.2) is 0 Å². The number of nitrogens with one attached hydrogen (secondary N) is 1. The third-order valence-corrected chi connectivity index (χ3v) is 2.59. The van der Waals surface area contributed by atoms with E-state index in [4.69, 9.17) is 4.74 Å². The Labute approximate surface area is 106 Å². The van der Waals surface area contributed by atoms with Gasteiger partial charge in [0.25, 0.3) is 0 Å². The van der Waals surface area contributed by atoms with Gasteiger partial charge < -0.3 is 15.6 Å². The molecule has 0 aliphatic heterocycles. The van der Waals surface area contributed by atoms with Crippen LogP contribution in [-0.2, 0) is 0 Å². The zero-order chi connectivity index (χ0) is 13.0. The fraction of sp³-hybridized carbons (Fsp3) is 0.143. The molecule has 0 saturated carbocycles. The number of hydrogen-bond acceptors (Lipinski definition) is 2. The lowest BCUT2D eigenvalue weighted by Gasteiger charge is -2.10. The molecular formula is C14H15N3O. The van der Waals surface area contributed by atoms with Crippen LogP contribution in [0, 0.1) is 0 Å². The zero-order valence-electron chi connectivity index (χ0n) is 10.4. The van der Waals surface area contributed by atoms with E-state index in [-0.39, 0.29) is 0 Å². The van der Waals surface area contributed by atoms with Crippen LogP contribution >= 0.6 is 0 Å². The Bertz CT molecular complexity index is 552. The molecule has 0 heterocycles. The van der Waals surface area contributed by atoms with Gasteiger partial charge in [-0.1, -0.05) is 18.2 Å². The number of nitrogens with zero attached hydrogens (tertiary/aromatic N) is 2. The minimum atomic E-state index is 0.612. The Morgan fingerprint density at radius 3 is 2.39 bits per heavy atom. The van der Waals surface area contributed by atoms with Crippen molar-refractivity contribution < 1.29 is 9.43 Å². The first-order chi connectivity index (χ1) is 8.70. The molecule has 18 heavy (non-hydrogen) atoms. The molecule has 0 atom stereocenters. The summed E-state index contributed by atoms with van der Waals surface area (Å²) in [5, 5.41) is 3.26. The number of anilines is 2. The maximum Gasteiger partial charge on any atom is 0.236 e. The van der Waals surface area contributed by atoms with Crippen LogP contribution in [0.4, 0.5) is 17.1 Å². The van der Waals surface area contributed by atoms with E-state index in [2.05, 4.69) is 5.32 Å². The average Bonchev–Trinajstić information content (AvgIpc) is 2.39. The Hall–Kier alpha value is -2.36. The van der Waals surface area contributed by atoms with Crippen LogP contribution in [0.1, 0.15) is 0 Å². The van der Waals surface area contributed by atoms with Crippen molar-refractivity contribution in [1.82, 2.24) is 0 Å². The minimum absolute atomic E-state index is 0.612. The lowest BCUT2D eigenvalue weighted by Crippen LogP contribution is -1.96. The second kappa shape index (κ2) is 5.31. The van der Waals surface area contributed by atoms with Crippen LogP contribution in [-0.4, -0.2) is 18.9 Å². The number of rotatable bonds is 4. The molecule has 4 nitrogen and oxygen atoms in total. The van der Waals surface area contributed by atoms with E-state index in [9.17, 15) is 5.53 Å². The lowest BCUT2D eigenvalue weighted by atomic mass is 10.2. The van der Waals surface area contributed by atoms with Gasteiger partial charge in [0.15, 0.2) is 5.75 Å². The highest BCUT2D eigenvalue weighted by Crippen LogP contribution is 2.30. The summed E-state index contributed by atoms with van der Waals surface area (Å²) in [6.45, 7) is 0. The SMILES string of the molecule is COc1cc(Nc2ccccc2)ccc1[N+](C)=[N-]. The van der Waals surface area contributed by atoms with Crippen LogP contribution in [0.15, 0.2) is 48.5 Å². The summed E-state index contributed by atoms with van der Waals surface area (Å²) in [6.07, 6.45) is 0. The second-order valence-corrected chi connectivity index (χ2v) is 3.90. The fourth-order valence-corrected chi connectivity index (χ4v) is 1.71. The highest BCUT2D eigenvalue weighted by atomic mass is 16.5. The maximum absolute atomic E-state index is 9.45. The molecule has 0 spiro atoms. The summed E-state index contributed by atoms with van der Waals surface area (Å²) in [4.78, 5) is 0. The van der Waals surface area contributed by atoms with Crippen molar-refractivity contribution in [3.63, 3.8) is 0 Å². The van der Waals surface area contributed by atoms with Crippen LogP contribution in [0.2, 0.25) is 0 Å². The van der Waals surface area contributed by atoms with Crippen LogP contribution < -0.4 is 10.1 Å². The molecule has 92 valence electrons. The number of hydrogen-bond donors (Lipinski definition) is 1. The number of methoxy groups -OCH3 is 1. The van der Waals surface area contributed by atoms with Gasteiger partial charge in [0, 0.05) is 23.5 Å².